The van der Waals surface area contributed by atoms with Crippen LogP contribution < -0.4 is 0 Å². The highest BCUT2D eigenvalue weighted by Gasteiger charge is 2.16. The first-order chi connectivity index (χ1) is 9.61. The number of imidazole rings is 1. The minimum Gasteiger partial charge on any atom is -0.504 e. The van der Waals surface area contributed by atoms with E-state index in [-0.39, 0.29) is 11.5 Å². The number of halogens is 1. The van der Waals surface area contributed by atoms with E-state index in [2.05, 4.69) is 20.9 Å². The van der Waals surface area contributed by atoms with Gasteiger partial charge in [-0.3, -0.25) is 0 Å². The van der Waals surface area contributed by atoms with Crippen LogP contribution in [-0.4, -0.2) is 19.8 Å². The summed E-state index contributed by atoms with van der Waals surface area (Å²) in [5, 5.41) is 19.7. The Morgan fingerprint density at radius 3 is 2.75 bits per heavy atom. The second-order valence-corrected chi connectivity index (χ2v) is 5.40. The van der Waals surface area contributed by atoms with Crippen molar-refractivity contribution in [3.8, 4) is 22.9 Å². The van der Waals surface area contributed by atoms with Crippen LogP contribution in [-0.2, 0) is 6.54 Å². The summed E-state index contributed by atoms with van der Waals surface area (Å²) in [5.74, 6) is 0.365. The Labute approximate surface area is 124 Å². The number of nitrogens with zero attached hydrogens (tertiary/aromatic N) is 2. The van der Waals surface area contributed by atoms with E-state index < -0.39 is 0 Å². The van der Waals surface area contributed by atoms with Crippen molar-refractivity contribution in [2.45, 2.75) is 13.5 Å². The highest BCUT2D eigenvalue weighted by molar-refractivity contribution is 9.10. The van der Waals surface area contributed by atoms with Gasteiger partial charge in [0, 0.05) is 11.0 Å². The summed E-state index contributed by atoms with van der Waals surface area (Å²) in [4.78, 5) is 4.58. The summed E-state index contributed by atoms with van der Waals surface area (Å²) in [7, 11) is 0. The molecule has 0 fully saturated rings. The Balaban J connectivity index is 2.33. The zero-order valence-corrected chi connectivity index (χ0v) is 12.4. The number of aryl methyl sites for hydroxylation is 1. The first-order valence-electron chi connectivity index (χ1n) is 6.29. The molecule has 2 aromatic carbocycles. The van der Waals surface area contributed by atoms with Gasteiger partial charge < -0.3 is 14.8 Å². The normalized spacial score (nSPS) is 11.1. The van der Waals surface area contributed by atoms with Gasteiger partial charge in [-0.2, -0.15) is 0 Å². The van der Waals surface area contributed by atoms with Crippen LogP contribution in [0.2, 0.25) is 0 Å². The minimum absolute atomic E-state index is 0.140. The molecule has 3 aromatic rings. The predicted octanol–water partition coefficient (Wildman–Crippen LogP) is 3.90. The summed E-state index contributed by atoms with van der Waals surface area (Å²) >= 11 is 3.43. The van der Waals surface area contributed by atoms with E-state index in [0.29, 0.717) is 11.4 Å². The lowest BCUT2D eigenvalue weighted by atomic mass is 10.1. The lowest BCUT2D eigenvalue weighted by molar-refractivity contribution is 0.405. The lowest BCUT2D eigenvalue weighted by Crippen LogP contribution is -1.97. The molecule has 0 amide bonds. The summed E-state index contributed by atoms with van der Waals surface area (Å²) in [5.41, 5.74) is 2.37. The molecular formula is C15H13BrN2O2. The molecule has 0 radical (unpaired) electrons. The number of para-hydroxylation sites is 1. The first kappa shape index (κ1) is 13.0. The van der Waals surface area contributed by atoms with E-state index in [0.717, 1.165) is 22.1 Å². The number of aromatic nitrogens is 2. The highest BCUT2D eigenvalue weighted by atomic mass is 79.9. The van der Waals surface area contributed by atoms with Crippen LogP contribution in [0, 0.1) is 0 Å². The molecule has 0 aliphatic carbocycles. The summed E-state index contributed by atoms with van der Waals surface area (Å²) < 4.78 is 2.97. The molecule has 0 aliphatic rings. The van der Waals surface area contributed by atoms with Crippen LogP contribution in [0.5, 0.6) is 11.5 Å². The van der Waals surface area contributed by atoms with E-state index >= 15 is 0 Å². The van der Waals surface area contributed by atoms with Gasteiger partial charge in [0.25, 0.3) is 0 Å². The third kappa shape index (κ3) is 1.94. The summed E-state index contributed by atoms with van der Waals surface area (Å²) in [6.45, 7) is 2.75. The van der Waals surface area contributed by atoms with Gasteiger partial charge in [0.15, 0.2) is 11.5 Å². The number of phenolic OH excluding ortho intramolecular Hbond substituents is 2. The molecule has 0 unspecified atom stereocenters. The van der Waals surface area contributed by atoms with Gasteiger partial charge in [0.05, 0.1) is 16.6 Å². The second kappa shape index (κ2) is 4.83. The number of hydrogen-bond donors (Lipinski definition) is 2. The fraction of sp³-hybridized carbons (Fsp3) is 0.133. The number of aromatic hydroxyl groups is 2. The third-order valence-corrected chi connectivity index (χ3v) is 3.78. The van der Waals surface area contributed by atoms with E-state index in [9.17, 15) is 10.2 Å². The van der Waals surface area contributed by atoms with E-state index in [1.54, 1.807) is 12.1 Å². The molecule has 1 aromatic heterocycles. The van der Waals surface area contributed by atoms with Crippen LogP contribution in [0.4, 0.5) is 0 Å². The first-order valence-corrected chi connectivity index (χ1v) is 7.08. The van der Waals surface area contributed by atoms with Crippen molar-refractivity contribution < 1.29 is 10.2 Å². The van der Waals surface area contributed by atoms with Crippen molar-refractivity contribution in [1.82, 2.24) is 9.55 Å². The van der Waals surface area contributed by atoms with Crippen molar-refractivity contribution in [3.63, 3.8) is 0 Å². The Bertz CT molecular complexity index is 796. The molecule has 0 spiro atoms. The molecule has 0 bridgehead atoms. The molecular weight excluding hydrogens is 320 g/mol. The highest BCUT2D eigenvalue weighted by Crippen LogP contribution is 2.37. The molecule has 0 saturated carbocycles. The maximum absolute atomic E-state index is 10.0. The van der Waals surface area contributed by atoms with Crippen LogP contribution in [0.15, 0.2) is 40.9 Å². The summed E-state index contributed by atoms with van der Waals surface area (Å²) in [6.07, 6.45) is 0. The molecule has 5 heteroatoms. The van der Waals surface area contributed by atoms with E-state index in [1.165, 1.54) is 6.07 Å². The van der Waals surface area contributed by atoms with Gasteiger partial charge >= 0.3 is 0 Å². The molecule has 102 valence electrons. The topological polar surface area (TPSA) is 58.3 Å². The van der Waals surface area contributed by atoms with Crippen molar-refractivity contribution in [2.24, 2.45) is 0 Å². The SMILES string of the molecule is CCn1c(-c2cccc(O)c2O)nc2cc(Br)ccc21. The van der Waals surface area contributed by atoms with Gasteiger partial charge in [0.2, 0.25) is 0 Å². The average Bonchev–Trinajstić information content (AvgIpc) is 2.79. The van der Waals surface area contributed by atoms with Gasteiger partial charge in [-0.1, -0.05) is 22.0 Å². The standard InChI is InChI=1S/C15H13BrN2O2/c1-2-18-12-7-6-9(16)8-11(12)17-15(18)10-4-3-5-13(19)14(10)20/h3-8,19-20H,2H2,1H3. The van der Waals surface area contributed by atoms with Crippen molar-refractivity contribution in [1.29, 1.82) is 0 Å². The quantitative estimate of drug-likeness (QED) is 0.700. The third-order valence-electron chi connectivity index (χ3n) is 3.28. The zero-order valence-electron chi connectivity index (χ0n) is 10.8. The van der Waals surface area contributed by atoms with Crippen LogP contribution >= 0.6 is 15.9 Å². The minimum atomic E-state index is -0.142. The monoisotopic (exact) mass is 332 g/mol. The summed E-state index contributed by atoms with van der Waals surface area (Å²) in [6, 6.07) is 10.8. The molecule has 3 rings (SSSR count). The molecule has 1 heterocycles. The van der Waals surface area contributed by atoms with Crippen molar-refractivity contribution >= 4 is 27.0 Å². The van der Waals surface area contributed by atoms with Gasteiger partial charge in [0.1, 0.15) is 5.82 Å². The molecule has 0 atom stereocenters. The number of benzene rings is 2. The Morgan fingerprint density at radius 2 is 2.00 bits per heavy atom. The van der Waals surface area contributed by atoms with Gasteiger partial charge in [-0.25, -0.2) is 4.98 Å². The Morgan fingerprint density at radius 1 is 1.20 bits per heavy atom. The van der Waals surface area contributed by atoms with Crippen LogP contribution in [0.25, 0.3) is 22.4 Å². The number of fused-ring (bicyclic) bond motifs is 1. The predicted molar refractivity (Wildman–Crippen MR) is 81.9 cm³/mol. The van der Waals surface area contributed by atoms with Gasteiger partial charge in [-0.15, -0.1) is 0 Å². The van der Waals surface area contributed by atoms with E-state index in [1.807, 2.05) is 29.7 Å². The lowest BCUT2D eigenvalue weighted by Gasteiger charge is -2.08. The largest absolute Gasteiger partial charge is 0.504 e. The number of phenols is 2. The maximum atomic E-state index is 10.0. The molecule has 2 N–H and O–H groups in total. The van der Waals surface area contributed by atoms with Crippen LogP contribution in [0.1, 0.15) is 6.92 Å². The number of hydrogen-bond acceptors (Lipinski definition) is 3. The van der Waals surface area contributed by atoms with Gasteiger partial charge in [-0.05, 0) is 37.3 Å². The molecule has 4 nitrogen and oxygen atoms in total. The van der Waals surface area contributed by atoms with Crippen LogP contribution in [0.3, 0.4) is 0 Å². The Hall–Kier alpha value is -2.01. The van der Waals surface area contributed by atoms with E-state index in [4.69, 9.17) is 0 Å². The molecule has 0 aliphatic heterocycles. The molecule has 0 saturated heterocycles. The molecule has 20 heavy (non-hydrogen) atoms. The Kier molecular flexibility index (Phi) is 3.14. The zero-order chi connectivity index (χ0) is 14.3. The van der Waals surface area contributed by atoms with Crippen molar-refractivity contribution in [3.05, 3.63) is 40.9 Å². The fourth-order valence-electron chi connectivity index (χ4n) is 2.34. The maximum Gasteiger partial charge on any atom is 0.168 e. The smallest absolute Gasteiger partial charge is 0.168 e. The number of rotatable bonds is 2. The van der Waals surface area contributed by atoms with Crippen molar-refractivity contribution in [2.75, 3.05) is 0 Å². The average molecular weight is 333 g/mol. The second-order valence-electron chi connectivity index (χ2n) is 4.49. The fourth-order valence-corrected chi connectivity index (χ4v) is 2.69.